The Bertz CT molecular complexity index is 417. The van der Waals surface area contributed by atoms with Gasteiger partial charge in [-0.25, -0.2) is 9.97 Å². The summed E-state index contributed by atoms with van der Waals surface area (Å²) in [6, 6.07) is 2.07. The Balaban J connectivity index is 3.00. The van der Waals surface area contributed by atoms with E-state index in [1.165, 1.54) is 0 Å². The van der Waals surface area contributed by atoms with Crippen LogP contribution in [0.25, 0.3) is 0 Å². The maximum absolute atomic E-state index is 4.72. The van der Waals surface area contributed by atoms with Gasteiger partial charge in [-0.1, -0.05) is 20.8 Å². The van der Waals surface area contributed by atoms with E-state index in [9.17, 15) is 0 Å². The van der Waals surface area contributed by atoms with Gasteiger partial charge >= 0.3 is 0 Å². The van der Waals surface area contributed by atoms with E-state index < -0.39 is 0 Å². The molecule has 0 aliphatic carbocycles. The molecule has 1 aromatic rings. The molecule has 0 saturated carbocycles. The van der Waals surface area contributed by atoms with Crippen molar-refractivity contribution in [1.29, 1.82) is 0 Å². The topological polar surface area (TPSA) is 44.3 Å². The van der Waals surface area contributed by atoms with Crippen molar-refractivity contribution in [2.75, 3.05) is 50.5 Å². The highest BCUT2D eigenvalue weighted by Crippen LogP contribution is 2.17. The quantitative estimate of drug-likeness (QED) is 0.758. The first-order chi connectivity index (χ1) is 9.96. The lowest BCUT2D eigenvalue weighted by atomic mass is 10.2. The second-order valence-electron chi connectivity index (χ2n) is 6.05. The summed E-state index contributed by atoms with van der Waals surface area (Å²) in [4.78, 5) is 13.8. The molecule has 0 saturated heterocycles. The van der Waals surface area contributed by atoms with E-state index >= 15 is 0 Å². The number of hydrogen-bond donors (Lipinski definition) is 1. The normalized spacial score (nSPS) is 11.2. The van der Waals surface area contributed by atoms with Crippen molar-refractivity contribution in [2.45, 2.75) is 34.1 Å². The van der Waals surface area contributed by atoms with Crippen LogP contribution in [0, 0.1) is 5.92 Å². The molecule has 5 nitrogen and oxygen atoms in total. The zero-order valence-corrected chi connectivity index (χ0v) is 14.5. The second-order valence-corrected chi connectivity index (χ2v) is 6.05. The Morgan fingerprint density at radius 1 is 1.14 bits per heavy atom. The minimum atomic E-state index is 0.606. The van der Waals surface area contributed by atoms with Crippen molar-refractivity contribution < 1.29 is 0 Å². The first-order valence-electron chi connectivity index (χ1n) is 7.97. The highest BCUT2D eigenvalue weighted by Gasteiger charge is 2.13. The monoisotopic (exact) mass is 293 g/mol. The van der Waals surface area contributed by atoms with Gasteiger partial charge in [0.05, 0.1) is 0 Å². The second kappa shape index (κ2) is 8.82. The SMILES string of the molecule is CCNc1cc(N(CCN(C)C)CC(C)C)nc(CC)n1. The summed E-state index contributed by atoms with van der Waals surface area (Å²) in [5.74, 6) is 3.48. The molecule has 0 aliphatic heterocycles. The molecule has 0 fully saturated rings. The van der Waals surface area contributed by atoms with E-state index in [4.69, 9.17) is 4.98 Å². The maximum atomic E-state index is 4.72. The minimum absolute atomic E-state index is 0.606. The van der Waals surface area contributed by atoms with Crippen LogP contribution in [0.15, 0.2) is 6.07 Å². The number of nitrogens with zero attached hydrogens (tertiary/aromatic N) is 4. The predicted octanol–water partition coefficient (Wildman–Crippen LogP) is 2.49. The van der Waals surface area contributed by atoms with E-state index in [-0.39, 0.29) is 0 Å². The number of rotatable bonds is 9. The summed E-state index contributed by atoms with van der Waals surface area (Å²) in [6.45, 7) is 12.6. The van der Waals surface area contributed by atoms with Gasteiger partial charge in [0.2, 0.25) is 0 Å². The lowest BCUT2D eigenvalue weighted by molar-refractivity contribution is 0.408. The molecule has 1 N–H and O–H groups in total. The van der Waals surface area contributed by atoms with Crippen LogP contribution in [0.4, 0.5) is 11.6 Å². The number of nitrogens with one attached hydrogen (secondary N) is 1. The van der Waals surface area contributed by atoms with E-state index in [0.29, 0.717) is 5.92 Å². The van der Waals surface area contributed by atoms with Crippen molar-refractivity contribution in [2.24, 2.45) is 5.92 Å². The summed E-state index contributed by atoms with van der Waals surface area (Å²) < 4.78 is 0. The summed E-state index contributed by atoms with van der Waals surface area (Å²) in [6.07, 6.45) is 0.857. The average Bonchev–Trinajstić information content (AvgIpc) is 2.42. The van der Waals surface area contributed by atoms with Crippen LogP contribution in [0.1, 0.15) is 33.5 Å². The van der Waals surface area contributed by atoms with Crippen LogP contribution in [0.5, 0.6) is 0 Å². The van der Waals surface area contributed by atoms with Crippen LogP contribution in [0.2, 0.25) is 0 Å². The van der Waals surface area contributed by atoms with Gasteiger partial charge in [-0.2, -0.15) is 0 Å². The molecule has 0 spiro atoms. The Morgan fingerprint density at radius 2 is 1.86 bits per heavy atom. The molecular weight excluding hydrogens is 262 g/mol. The fourth-order valence-corrected chi connectivity index (χ4v) is 2.14. The molecule has 1 heterocycles. The van der Waals surface area contributed by atoms with Gasteiger partial charge in [0.15, 0.2) is 0 Å². The third-order valence-electron chi connectivity index (χ3n) is 3.16. The number of aryl methyl sites for hydroxylation is 1. The molecule has 0 amide bonds. The van der Waals surface area contributed by atoms with Crippen LogP contribution >= 0.6 is 0 Å². The number of likely N-dealkylation sites (N-methyl/N-ethyl adjacent to an activating group) is 1. The largest absolute Gasteiger partial charge is 0.370 e. The zero-order chi connectivity index (χ0) is 15.8. The lowest BCUT2D eigenvalue weighted by Crippen LogP contribution is -2.35. The zero-order valence-electron chi connectivity index (χ0n) is 14.5. The minimum Gasteiger partial charge on any atom is -0.370 e. The van der Waals surface area contributed by atoms with E-state index in [2.05, 4.69) is 68.0 Å². The van der Waals surface area contributed by atoms with E-state index in [1.807, 2.05) is 0 Å². The third kappa shape index (κ3) is 6.29. The van der Waals surface area contributed by atoms with Gasteiger partial charge in [0, 0.05) is 38.7 Å². The van der Waals surface area contributed by atoms with Crippen LogP contribution in [-0.2, 0) is 6.42 Å². The van der Waals surface area contributed by atoms with Gasteiger partial charge in [0.1, 0.15) is 17.5 Å². The molecule has 0 atom stereocenters. The summed E-state index contributed by atoms with van der Waals surface area (Å²) in [5.41, 5.74) is 0. The maximum Gasteiger partial charge on any atom is 0.134 e. The van der Waals surface area contributed by atoms with Gasteiger partial charge in [-0.05, 0) is 26.9 Å². The summed E-state index contributed by atoms with van der Waals surface area (Å²) in [7, 11) is 4.21. The first-order valence-corrected chi connectivity index (χ1v) is 7.97. The third-order valence-corrected chi connectivity index (χ3v) is 3.16. The Kier molecular flexibility index (Phi) is 7.43. The molecule has 0 aromatic carbocycles. The molecular formula is C16H31N5. The highest BCUT2D eigenvalue weighted by molar-refractivity contribution is 5.49. The van der Waals surface area contributed by atoms with Crippen molar-refractivity contribution >= 4 is 11.6 Å². The van der Waals surface area contributed by atoms with Crippen LogP contribution < -0.4 is 10.2 Å². The molecule has 0 radical (unpaired) electrons. The molecule has 0 unspecified atom stereocenters. The smallest absolute Gasteiger partial charge is 0.134 e. The molecule has 1 aromatic heterocycles. The standard InChI is InChI=1S/C16H31N5/c1-7-14-18-15(17-8-2)11-16(19-14)21(12-13(3)4)10-9-20(5)6/h11,13H,7-10,12H2,1-6H3,(H,17,18,19). The number of aromatic nitrogens is 2. The van der Waals surface area contributed by atoms with E-state index in [0.717, 1.165) is 50.1 Å². The Hall–Kier alpha value is -1.36. The van der Waals surface area contributed by atoms with Gasteiger partial charge < -0.3 is 15.1 Å². The molecule has 21 heavy (non-hydrogen) atoms. The van der Waals surface area contributed by atoms with Crippen molar-refractivity contribution in [3.63, 3.8) is 0 Å². The molecule has 120 valence electrons. The number of anilines is 2. The van der Waals surface area contributed by atoms with E-state index in [1.54, 1.807) is 0 Å². The molecule has 5 heteroatoms. The first kappa shape index (κ1) is 17.7. The Morgan fingerprint density at radius 3 is 2.38 bits per heavy atom. The summed E-state index contributed by atoms with van der Waals surface area (Å²) in [5, 5.41) is 3.31. The fraction of sp³-hybridized carbons (Fsp3) is 0.750. The Labute approximate surface area is 129 Å². The van der Waals surface area contributed by atoms with Crippen LogP contribution in [-0.4, -0.2) is 55.1 Å². The fourth-order valence-electron chi connectivity index (χ4n) is 2.14. The lowest BCUT2D eigenvalue weighted by Gasteiger charge is -2.27. The highest BCUT2D eigenvalue weighted by atomic mass is 15.2. The van der Waals surface area contributed by atoms with Crippen molar-refractivity contribution in [3.8, 4) is 0 Å². The van der Waals surface area contributed by atoms with Gasteiger partial charge in [-0.3, -0.25) is 0 Å². The summed E-state index contributed by atoms with van der Waals surface area (Å²) >= 11 is 0. The predicted molar refractivity (Wildman–Crippen MR) is 91.2 cm³/mol. The van der Waals surface area contributed by atoms with Gasteiger partial charge in [-0.15, -0.1) is 0 Å². The number of hydrogen-bond acceptors (Lipinski definition) is 5. The molecule has 0 aliphatic rings. The molecule has 0 bridgehead atoms. The van der Waals surface area contributed by atoms with Crippen molar-refractivity contribution in [3.05, 3.63) is 11.9 Å². The van der Waals surface area contributed by atoms with Crippen LogP contribution in [0.3, 0.4) is 0 Å². The van der Waals surface area contributed by atoms with Gasteiger partial charge in [0.25, 0.3) is 0 Å². The molecule has 1 rings (SSSR count). The van der Waals surface area contributed by atoms with Crippen molar-refractivity contribution in [1.82, 2.24) is 14.9 Å². The average molecular weight is 293 g/mol.